The Balaban J connectivity index is 0.00000243. The molecule has 0 spiro atoms. The average Bonchev–Trinajstić information content (AvgIpc) is 3.23. The van der Waals surface area contributed by atoms with Gasteiger partial charge in [0.15, 0.2) is 11.8 Å². The van der Waals surface area contributed by atoms with E-state index < -0.39 is 0 Å². The second-order valence-electron chi connectivity index (χ2n) is 6.69. The molecule has 0 saturated heterocycles. The predicted molar refractivity (Wildman–Crippen MR) is 113 cm³/mol. The van der Waals surface area contributed by atoms with Crippen LogP contribution in [0, 0.1) is 0 Å². The smallest absolute Gasteiger partial charge is 0.191 e. The van der Waals surface area contributed by atoms with Gasteiger partial charge in [0.2, 0.25) is 0 Å². The highest BCUT2D eigenvalue weighted by molar-refractivity contribution is 14.0. The lowest BCUT2D eigenvalue weighted by Gasteiger charge is -2.25. The van der Waals surface area contributed by atoms with E-state index in [1.807, 2.05) is 16.8 Å². The van der Waals surface area contributed by atoms with Gasteiger partial charge in [0, 0.05) is 37.9 Å². The van der Waals surface area contributed by atoms with Crippen LogP contribution in [-0.2, 0) is 19.4 Å². The standard InChI is InChI=1S/C18H28N6O.HI/c1-4-19-18(20-10-9-15-6-5-11-25-15)21-14-7-8-16-22-17(13(2)3)23-24(16)12-14;/h5-6,11,13-14H,4,7-10,12H2,1-3H3,(H2,19,20,21);1H. The van der Waals surface area contributed by atoms with Gasteiger partial charge in [0.1, 0.15) is 11.6 Å². The van der Waals surface area contributed by atoms with E-state index in [1.54, 1.807) is 6.26 Å². The van der Waals surface area contributed by atoms with Crippen molar-refractivity contribution in [1.82, 2.24) is 25.4 Å². The molecule has 0 aromatic carbocycles. The van der Waals surface area contributed by atoms with Gasteiger partial charge in [-0.15, -0.1) is 24.0 Å². The highest BCUT2D eigenvalue weighted by Crippen LogP contribution is 2.16. The summed E-state index contributed by atoms with van der Waals surface area (Å²) in [6, 6.07) is 4.21. The van der Waals surface area contributed by atoms with Gasteiger partial charge in [-0.3, -0.25) is 4.99 Å². The Morgan fingerprint density at radius 3 is 3.00 bits per heavy atom. The molecule has 1 aliphatic rings. The van der Waals surface area contributed by atoms with Crippen LogP contribution in [0.5, 0.6) is 0 Å². The zero-order chi connectivity index (χ0) is 17.6. The molecular formula is C18H29IN6O. The maximum absolute atomic E-state index is 5.36. The molecule has 0 aliphatic carbocycles. The summed E-state index contributed by atoms with van der Waals surface area (Å²) >= 11 is 0. The van der Waals surface area contributed by atoms with Crippen molar-refractivity contribution in [2.75, 3.05) is 13.1 Å². The lowest BCUT2D eigenvalue weighted by Crippen LogP contribution is -2.47. The molecule has 0 fully saturated rings. The van der Waals surface area contributed by atoms with Crippen molar-refractivity contribution in [1.29, 1.82) is 0 Å². The summed E-state index contributed by atoms with van der Waals surface area (Å²) in [5, 5.41) is 11.5. The lowest BCUT2D eigenvalue weighted by atomic mass is 10.1. The van der Waals surface area contributed by atoms with Crippen molar-refractivity contribution in [2.45, 2.75) is 58.5 Å². The number of halogens is 1. The lowest BCUT2D eigenvalue weighted by molar-refractivity contribution is 0.391. The fraction of sp³-hybridized carbons (Fsp3) is 0.611. The number of aryl methyl sites for hydroxylation is 1. The molecule has 26 heavy (non-hydrogen) atoms. The molecule has 3 rings (SSSR count). The van der Waals surface area contributed by atoms with Crippen LogP contribution >= 0.6 is 24.0 Å². The van der Waals surface area contributed by atoms with E-state index in [9.17, 15) is 0 Å². The molecule has 8 heteroatoms. The average molecular weight is 472 g/mol. The quantitative estimate of drug-likeness (QED) is 0.384. The van der Waals surface area contributed by atoms with E-state index in [2.05, 4.69) is 46.5 Å². The van der Waals surface area contributed by atoms with E-state index in [0.29, 0.717) is 18.5 Å². The number of guanidine groups is 1. The van der Waals surface area contributed by atoms with Crippen LogP contribution < -0.4 is 10.6 Å². The normalized spacial score (nSPS) is 16.9. The molecule has 0 saturated carbocycles. The summed E-state index contributed by atoms with van der Waals surface area (Å²) in [6.45, 7) is 8.71. The number of furan rings is 1. The van der Waals surface area contributed by atoms with Crippen LogP contribution in [0.15, 0.2) is 27.8 Å². The molecule has 2 N–H and O–H groups in total. The fourth-order valence-electron chi connectivity index (χ4n) is 2.94. The molecule has 0 bridgehead atoms. The van der Waals surface area contributed by atoms with E-state index in [4.69, 9.17) is 4.42 Å². The third kappa shape index (κ3) is 5.46. The second-order valence-corrected chi connectivity index (χ2v) is 6.69. The van der Waals surface area contributed by atoms with Crippen LogP contribution in [0.25, 0.3) is 0 Å². The SMILES string of the molecule is CCNC(=NCCc1ccco1)NC1CCc2nc(C(C)C)nn2C1.I. The second kappa shape index (κ2) is 9.94. The molecule has 1 unspecified atom stereocenters. The first-order chi connectivity index (χ1) is 12.2. The summed E-state index contributed by atoms with van der Waals surface area (Å²) < 4.78 is 7.40. The monoisotopic (exact) mass is 472 g/mol. The van der Waals surface area contributed by atoms with E-state index in [1.165, 1.54) is 0 Å². The van der Waals surface area contributed by atoms with Crippen LogP contribution in [0.3, 0.4) is 0 Å². The molecular weight excluding hydrogens is 443 g/mol. The first kappa shape index (κ1) is 20.7. The maximum atomic E-state index is 5.36. The Labute approximate surface area is 172 Å². The third-order valence-electron chi connectivity index (χ3n) is 4.28. The van der Waals surface area contributed by atoms with Gasteiger partial charge in [0.05, 0.1) is 12.8 Å². The van der Waals surface area contributed by atoms with Crippen molar-refractivity contribution >= 4 is 29.9 Å². The molecule has 2 aromatic rings. The summed E-state index contributed by atoms with van der Waals surface area (Å²) in [6.07, 6.45) is 4.49. The molecule has 144 valence electrons. The summed E-state index contributed by atoms with van der Waals surface area (Å²) in [5.41, 5.74) is 0. The number of hydrogen-bond donors (Lipinski definition) is 2. The molecule has 0 amide bonds. The molecule has 2 aromatic heterocycles. The number of rotatable bonds is 6. The number of nitrogens with one attached hydrogen (secondary N) is 2. The Morgan fingerprint density at radius 1 is 1.46 bits per heavy atom. The van der Waals surface area contributed by atoms with Gasteiger partial charge >= 0.3 is 0 Å². The number of hydrogen-bond acceptors (Lipinski definition) is 4. The highest BCUT2D eigenvalue weighted by atomic mass is 127. The van der Waals surface area contributed by atoms with Crippen LogP contribution in [0.1, 0.15) is 50.5 Å². The number of aromatic nitrogens is 3. The molecule has 1 aliphatic heterocycles. The molecule has 7 nitrogen and oxygen atoms in total. The minimum Gasteiger partial charge on any atom is -0.469 e. The fourth-order valence-corrected chi connectivity index (χ4v) is 2.94. The summed E-state index contributed by atoms with van der Waals surface area (Å²) in [4.78, 5) is 9.31. The van der Waals surface area contributed by atoms with Crippen LogP contribution in [0.4, 0.5) is 0 Å². The van der Waals surface area contributed by atoms with Crippen molar-refractivity contribution in [3.05, 3.63) is 35.8 Å². The largest absolute Gasteiger partial charge is 0.469 e. The topological polar surface area (TPSA) is 80.3 Å². The van der Waals surface area contributed by atoms with E-state index in [-0.39, 0.29) is 24.0 Å². The van der Waals surface area contributed by atoms with Crippen molar-refractivity contribution in [3.8, 4) is 0 Å². The number of nitrogens with zero attached hydrogens (tertiary/aromatic N) is 4. The van der Waals surface area contributed by atoms with Crippen molar-refractivity contribution < 1.29 is 4.42 Å². The van der Waals surface area contributed by atoms with Gasteiger partial charge in [0.25, 0.3) is 0 Å². The summed E-state index contributed by atoms with van der Waals surface area (Å²) in [5.74, 6) is 4.22. The molecule has 0 radical (unpaired) electrons. The Bertz CT molecular complexity index is 695. The van der Waals surface area contributed by atoms with Gasteiger partial charge in [-0.1, -0.05) is 13.8 Å². The minimum atomic E-state index is 0. The first-order valence-corrected chi connectivity index (χ1v) is 9.16. The van der Waals surface area contributed by atoms with Crippen LogP contribution in [0.2, 0.25) is 0 Å². The zero-order valence-corrected chi connectivity index (χ0v) is 18.1. The van der Waals surface area contributed by atoms with E-state index >= 15 is 0 Å². The van der Waals surface area contributed by atoms with Crippen LogP contribution in [-0.4, -0.2) is 39.9 Å². The molecule has 1 atom stereocenters. The van der Waals surface area contributed by atoms with E-state index in [0.717, 1.165) is 55.7 Å². The number of aliphatic imine (C=N–C) groups is 1. The predicted octanol–water partition coefficient (Wildman–Crippen LogP) is 2.73. The first-order valence-electron chi connectivity index (χ1n) is 9.16. The number of fused-ring (bicyclic) bond motifs is 1. The van der Waals surface area contributed by atoms with Crippen molar-refractivity contribution in [3.63, 3.8) is 0 Å². The zero-order valence-electron chi connectivity index (χ0n) is 15.7. The Morgan fingerprint density at radius 2 is 2.31 bits per heavy atom. The Kier molecular flexibility index (Phi) is 7.92. The van der Waals surface area contributed by atoms with Gasteiger partial charge in [-0.2, -0.15) is 5.10 Å². The van der Waals surface area contributed by atoms with Gasteiger partial charge < -0.3 is 15.1 Å². The van der Waals surface area contributed by atoms with Gasteiger partial charge in [-0.05, 0) is 25.5 Å². The Hall–Kier alpha value is -1.58. The van der Waals surface area contributed by atoms with Crippen molar-refractivity contribution in [2.24, 2.45) is 4.99 Å². The molecule has 3 heterocycles. The maximum Gasteiger partial charge on any atom is 0.191 e. The minimum absolute atomic E-state index is 0. The highest BCUT2D eigenvalue weighted by Gasteiger charge is 2.23. The summed E-state index contributed by atoms with van der Waals surface area (Å²) in [7, 11) is 0. The van der Waals surface area contributed by atoms with Gasteiger partial charge in [-0.25, -0.2) is 9.67 Å². The third-order valence-corrected chi connectivity index (χ3v) is 4.28.